The molecule has 5 heteroatoms. The molecular formula is C17H26N2O3. The van der Waals surface area contributed by atoms with E-state index >= 15 is 0 Å². The maximum Gasteiger partial charge on any atom is 0.251 e. The zero-order valence-electron chi connectivity index (χ0n) is 13.5. The number of benzene rings is 1. The Bertz CT molecular complexity index is 483. The fraction of sp³-hybridized carbons (Fsp3) is 0.588. The van der Waals surface area contributed by atoms with Gasteiger partial charge >= 0.3 is 0 Å². The first-order valence-electron chi connectivity index (χ1n) is 8.01. The number of aryl methyl sites for hydroxylation is 1. The van der Waals surface area contributed by atoms with Gasteiger partial charge in [0, 0.05) is 32.7 Å². The van der Waals surface area contributed by atoms with Crippen molar-refractivity contribution in [3.8, 4) is 5.75 Å². The van der Waals surface area contributed by atoms with Crippen LogP contribution in [0.3, 0.4) is 0 Å². The summed E-state index contributed by atoms with van der Waals surface area (Å²) >= 11 is 0. The van der Waals surface area contributed by atoms with Crippen molar-refractivity contribution in [2.45, 2.75) is 26.4 Å². The van der Waals surface area contributed by atoms with Crippen molar-refractivity contribution in [1.82, 2.24) is 9.80 Å². The number of aliphatic hydroxyl groups excluding tert-OH is 1. The van der Waals surface area contributed by atoms with Crippen molar-refractivity contribution < 1.29 is 14.6 Å². The summed E-state index contributed by atoms with van der Waals surface area (Å²) in [6.45, 7) is 8.17. The molecule has 0 spiro atoms. The summed E-state index contributed by atoms with van der Waals surface area (Å²) in [4.78, 5) is 15.7. The topological polar surface area (TPSA) is 53.0 Å². The monoisotopic (exact) mass is 306 g/mol. The molecule has 1 N–H and O–H groups in total. The molecule has 2 rings (SSSR count). The first kappa shape index (κ1) is 16.8. The van der Waals surface area contributed by atoms with Gasteiger partial charge in [-0.1, -0.05) is 19.1 Å². The highest BCUT2D eigenvalue weighted by Gasteiger charge is 2.23. The van der Waals surface area contributed by atoms with Crippen molar-refractivity contribution in [2.75, 3.05) is 39.3 Å². The Kier molecular flexibility index (Phi) is 6.21. The van der Waals surface area contributed by atoms with E-state index in [4.69, 9.17) is 4.74 Å². The zero-order chi connectivity index (χ0) is 15.9. The minimum Gasteiger partial charge on any atom is -0.492 e. The van der Waals surface area contributed by atoms with Crippen LogP contribution in [0.1, 0.15) is 19.4 Å². The predicted molar refractivity (Wildman–Crippen MR) is 86.0 cm³/mol. The molecule has 1 unspecified atom stereocenters. The first-order valence-corrected chi connectivity index (χ1v) is 8.01. The van der Waals surface area contributed by atoms with E-state index in [2.05, 4.69) is 24.0 Å². The molecule has 22 heavy (non-hydrogen) atoms. The third-order valence-corrected chi connectivity index (χ3v) is 4.02. The van der Waals surface area contributed by atoms with Gasteiger partial charge in [0.25, 0.3) is 5.91 Å². The van der Waals surface area contributed by atoms with Gasteiger partial charge in [0.2, 0.25) is 0 Å². The second-order valence-electron chi connectivity index (χ2n) is 5.69. The van der Waals surface area contributed by atoms with Crippen molar-refractivity contribution in [2.24, 2.45) is 0 Å². The summed E-state index contributed by atoms with van der Waals surface area (Å²) in [6, 6.07) is 8.19. The molecule has 0 aliphatic carbocycles. The van der Waals surface area contributed by atoms with Crippen LogP contribution in [-0.2, 0) is 11.2 Å². The summed E-state index contributed by atoms with van der Waals surface area (Å²) < 4.78 is 5.80. The van der Waals surface area contributed by atoms with Crippen LogP contribution in [0, 0.1) is 0 Å². The highest BCUT2D eigenvalue weighted by atomic mass is 16.5. The number of hydrogen-bond acceptors (Lipinski definition) is 4. The normalized spacial score (nSPS) is 17.3. The Morgan fingerprint density at radius 2 is 2.05 bits per heavy atom. The SMILES string of the molecule is CCc1cccc(OCCN2CCN(C(=O)C(C)O)CC2)c1. The molecule has 1 aliphatic heterocycles. The van der Waals surface area contributed by atoms with E-state index in [1.165, 1.54) is 12.5 Å². The molecule has 1 atom stereocenters. The van der Waals surface area contributed by atoms with Gasteiger partial charge in [0.1, 0.15) is 18.5 Å². The summed E-state index contributed by atoms with van der Waals surface area (Å²) in [5.41, 5.74) is 1.28. The molecule has 1 aromatic rings. The maximum atomic E-state index is 11.7. The van der Waals surface area contributed by atoms with Gasteiger partial charge in [-0.2, -0.15) is 0 Å². The molecule has 0 bridgehead atoms. The molecule has 1 aliphatic rings. The van der Waals surface area contributed by atoms with Gasteiger partial charge < -0.3 is 14.7 Å². The number of nitrogens with zero attached hydrogens (tertiary/aromatic N) is 2. The van der Waals surface area contributed by atoms with Gasteiger partial charge in [-0.3, -0.25) is 9.69 Å². The lowest BCUT2D eigenvalue weighted by atomic mass is 10.2. The summed E-state index contributed by atoms with van der Waals surface area (Å²) in [5, 5.41) is 9.32. The molecule has 0 aromatic heterocycles. The van der Waals surface area contributed by atoms with Crippen LogP contribution in [0.5, 0.6) is 5.75 Å². The van der Waals surface area contributed by atoms with Crippen LogP contribution in [0.2, 0.25) is 0 Å². The molecule has 1 aromatic carbocycles. The smallest absolute Gasteiger partial charge is 0.251 e. The van der Waals surface area contributed by atoms with Crippen molar-refractivity contribution in [3.05, 3.63) is 29.8 Å². The molecule has 5 nitrogen and oxygen atoms in total. The quantitative estimate of drug-likeness (QED) is 0.857. The van der Waals surface area contributed by atoms with E-state index < -0.39 is 6.10 Å². The van der Waals surface area contributed by atoms with E-state index in [1.54, 1.807) is 4.90 Å². The zero-order valence-corrected chi connectivity index (χ0v) is 13.5. The van der Waals surface area contributed by atoms with Crippen molar-refractivity contribution >= 4 is 5.91 Å². The lowest BCUT2D eigenvalue weighted by Crippen LogP contribution is -2.51. The Hall–Kier alpha value is -1.59. The number of aliphatic hydroxyl groups is 1. The van der Waals surface area contributed by atoms with Crippen LogP contribution < -0.4 is 4.74 Å². The number of carbonyl (C=O) groups excluding carboxylic acids is 1. The Morgan fingerprint density at radius 1 is 1.32 bits per heavy atom. The number of carbonyl (C=O) groups is 1. The van der Waals surface area contributed by atoms with E-state index in [0.29, 0.717) is 19.7 Å². The second-order valence-corrected chi connectivity index (χ2v) is 5.69. The summed E-state index contributed by atoms with van der Waals surface area (Å²) in [6.07, 6.45) is 0.108. The Labute approximate surface area is 132 Å². The number of hydrogen-bond donors (Lipinski definition) is 1. The van der Waals surface area contributed by atoms with Gasteiger partial charge in [-0.05, 0) is 31.0 Å². The van der Waals surface area contributed by atoms with Crippen molar-refractivity contribution in [1.29, 1.82) is 0 Å². The minimum absolute atomic E-state index is 0.174. The lowest BCUT2D eigenvalue weighted by Gasteiger charge is -2.35. The van der Waals surface area contributed by atoms with E-state index in [-0.39, 0.29) is 5.91 Å². The lowest BCUT2D eigenvalue weighted by molar-refractivity contribution is -0.141. The van der Waals surface area contributed by atoms with Crippen molar-refractivity contribution in [3.63, 3.8) is 0 Å². The fourth-order valence-electron chi connectivity index (χ4n) is 2.60. The van der Waals surface area contributed by atoms with Crippen LogP contribution in [-0.4, -0.2) is 66.2 Å². The van der Waals surface area contributed by atoms with Gasteiger partial charge in [0.05, 0.1) is 0 Å². The van der Waals surface area contributed by atoms with Crippen LogP contribution in [0.4, 0.5) is 0 Å². The van der Waals surface area contributed by atoms with E-state index in [9.17, 15) is 9.90 Å². The fourth-order valence-corrected chi connectivity index (χ4v) is 2.60. The molecule has 0 saturated carbocycles. The largest absolute Gasteiger partial charge is 0.492 e. The summed E-state index contributed by atoms with van der Waals surface area (Å²) in [7, 11) is 0. The third-order valence-electron chi connectivity index (χ3n) is 4.02. The minimum atomic E-state index is -0.902. The van der Waals surface area contributed by atoms with Gasteiger partial charge in [-0.25, -0.2) is 0 Å². The van der Waals surface area contributed by atoms with Gasteiger partial charge in [-0.15, -0.1) is 0 Å². The predicted octanol–water partition coefficient (Wildman–Crippen LogP) is 1.15. The highest BCUT2D eigenvalue weighted by molar-refractivity contribution is 5.80. The first-order chi connectivity index (χ1) is 10.6. The van der Waals surface area contributed by atoms with Crippen LogP contribution in [0.25, 0.3) is 0 Å². The van der Waals surface area contributed by atoms with Crippen LogP contribution in [0.15, 0.2) is 24.3 Å². The molecule has 122 valence electrons. The maximum absolute atomic E-state index is 11.7. The molecule has 1 heterocycles. The molecular weight excluding hydrogens is 280 g/mol. The number of rotatable bonds is 6. The number of amides is 1. The number of ether oxygens (including phenoxy) is 1. The average molecular weight is 306 g/mol. The third kappa shape index (κ3) is 4.71. The molecule has 1 saturated heterocycles. The number of piperazine rings is 1. The Balaban J connectivity index is 1.69. The van der Waals surface area contributed by atoms with Gasteiger partial charge in [0.15, 0.2) is 0 Å². The average Bonchev–Trinajstić information content (AvgIpc) is 2.55. The molecule has 0 radical (unpaired) electrons. The summed E-state index contributed by atoms with van der Waals surface area (Å²) in [5.74, 6) is 0.745. The Morgan fingerprint density at radius 3 is 2.68 bits per heavy atom. The highest BCUT2D eigenvalue weighted by Crippen LogP contribution is 2.13. The molecule has 1 amide bonds. The van der Waals surface area contributed by atoms with Crippen LogP contribution >= 0.6 is 0 Å². The van der Waals surface area contributed by atoms with E-state index in [1.807, 2.05) is 12.1 Å². The van der Waals surface area contributed by atoms with E-state index in [0.717, 1.165) is 31.8 Å². The molecule has 1 fully saturated rings. The standard InChI is InChI=1S/C17H26N2O3/c1-3-15-5-4-6-16(13-15)22-12-11-18-7-9-19(10-8-18)17(21)14(2)20/h4-6,13-14,20H,3,7-12H2,1-2H3. The second kappa shape index (κ2) is 8.15.